The number of allylic oxidation sites excluding steroid dienone is 6. The van der Waals surface area contributed by atoms with Gasteiger partial charge in [-0.2, -0.15) is 0 Å². The van der Waals surface area contributed by atoms with Crippen molar-refractivity contribution in [2.45, 2.75) is 64.1 Å². The zero-order valence-corrected chi connectivity index (χ0v) is 16.0. The minimum atomic E-state index is -0.940. The lowest BCUT2D eigenvalue weighted by Crippen LogP contribution is -2.20. The lowest BCUT2D eigenvalue weighted by molar-refractivity contribution is -0.137. The quantitative estimate of drug-likeness (QED) is 0.453. The van der Waals surface area contributed by atoms with Crippen LogP contribution in [0.15, 0.2) is 48.6 Å². The number of ketones is 1. The molecular formula is C22H32O5. The summed E-state index contributed by atoms with van der Waals surface area (Å²) in [6, 6.07) is 0. The summed E-state index contributed by atoms with van der Waals surface area (Å²) < 4.78 is 0. The molecule has 1 fully saturated rings. The molecule has 5 nitrogen and oxygen atoms in total. The van der Waals surface area contributed by atoms with Gasteiger partial charge in [0.05, 0.1) is 12.2 Å². The van der Waals surface area contributed by atoms with E-state index in [1.165, 1.54) is 0 Å². The van der Waals surface area contributed by atoms with Crippen molar-refractivity contribution in [2.24, 2.45) is 11.8 Å². The van der Waals surface area contributed by atoms with Crippen molar-refractivity contribution in [3.05, 3.63) is 48.6 Å². The number of carboxylic acid groups (broad SMARTS) is 1. The third kappa shape index (κ3) is 9.50. The summed E-state index contributed by atoms with van der Waals surface area (Å²) in [4.78, 5) is 22.7. The van der Waals surface area contributed by atoms with E-state index in [0.29, 0.717) is 6.42 Å². The van der Waals surface area contributed by atoms with E-state index in [0.717, 1.165) is 19.3 Å². The van der Waals surface area contributed by atoms with E-state index in [1.54, 1.807) is 12.2 Å². The predicted molar refractivity (Wildman–Crippen MR) is 106 cm³/mol. The zero-order valence-electron chi connectivity index (χ0n) is 16.0. The van der Waals surface area contributed by atoms with Gasteiger partial charge in [-0.15, -0.1) is 0 Å². The fourth-order valence-electron chi connectivity index (χ4n) is 3.15. The molecule has 3 N–H and O–H groups in total. The second kappa shape index (κ2) is 13.2. The highest BCUT2D eigenvalue weighted by Crippen LogP contribution is 2.34. The maximum Gasteiger partial charge on any atom is 0.303 e. The second-order valence-corrected chi connectivity index (χ2v) is 6.84. The molecular weight excluding hydrogens is 344 g/mol. The number of aliphatic hydroxyl groups is 2. The van der Waals surface area contributed by atoms with Crippen LogP contribution >= 0.6 is 0 Å². The van der Waals surface area contributed by atoms with E-state index < -0.39 is 24.1 Å². The summed E-state index contributed by atoms with van der Waals surface area (Å²) in [6.07, 6.45) is 17.5. The van der Waals surface area contributed by atoms with E-state index in [9.17, 15) is 19.8 Å². The number of carbonyl (C=O) groups excluding carboxylic acids is 1. The summed E-state index contributed by atoms with van der Waals surface area (Å²) in [7, 11) is 0. The fraction of sp³-hybridized carbons (Fsp3) is 0.545. The molecule has 1 saturated carbocycles. The van der Waals surface area contributed by atoms with Crippen molar-refractivity contribution in [2.75, 3.05) is 0 Å². The van der Waals surface area contributed by atoms with Gasteiger partial charge in [0.25, 0.3) is 0 Å². The molecule has 0 aromatic carbocycles. The van der Waals surface area contributed by atoms with Gasteiger partial charge in [-0.3, -0.25) is 9.59 Å². The van der Waals surface area contributed by atoms with E-state index in [1.807, 2.05) is 12.2 Å². The van der Waals surface area contributed by atoms with Crippen LogP contribution in [-0.4, -0.2) is 39.3 Å². The summed E-state index contributed by atoms with van der Waals surface area (Å²) in [6.45, 7) is 2.10. The summed E-state index contributed by atoms with van der Waals surface area (Å²) in [5.74, 6) is -1.94. The average molecular weight is 376 g/mol. The lowest BCUT2D eigenvalue weighted by Gasteiger charge is -2.17. The Morgan fingerprint density at radius 2 is 1.78 bits per heavy atom. The highest BCUT2D eigenvalue weighted by Gasteiger charge is 2.39. The van der Waals surface area contributed by atoms with Crippen LogP contribution in [0.5, 0.6) is 0 Å². The first-order valence-corrected chi connectivity index (χ1v) is 9.69. The summed E-state index contributed by atoms with van der Waals surface area (Å²) in [5.41, 5.74) is 0. The van der Waals surface area contributed by atoms with Gasteiger partial charge in [-0.25, -0.2) is 0 Å². The molecule has 1 aliphatic rings. The monoisotopic (exact) mass is 376 g/mol. The van der Waals surface area contributed by atoms with E-state index >= 15 is 0 Å². The van der Waals surface area contributed by atoms with Crippen molar-refractivity contribution in [3.8, 4) is 0 Å². The van der Waals surface area contributed by atoms with Crippen molar-refractivity contribution < 1.29 is 24.9 Å². The SMILES string of the molecule is CC/C=C\C/C=C\C/C=C\C[C@H](O)/C=C/[C@H]1C(=O)C[C@H](O)[C@H]1CCC(=O)O. The van der Waals surface area contributed by atoms with Crippen molar-refractivity contribution in [3.63, 3.8) is 0 Å². The number of hydrogen-bond acceptors (Lipinski definition) is 4. The Labute approximate surface area is 161 Å². The van der Waals surface area contributed by atoms with E-state index in [4.69, 9.17) is 5.11 Å². The molecule has 4 atom stereocenters. The predicted octanol–water partition coefficient (Wildman–Crippen LogP) is 3.58. The number of rotatable bonds is 12. The number of carboxylic acids is 1. The average Bonchev–Trinajstić information content (AvgIpc) is 2.89. The highest BCUT2D eigenvalue weighted by molar-refractivity contribution is 5.86. The first kappa shape index (κ1) is 23.1. The first-order chi connectivity index (χ1) is 13.0. The Hall–Kier alpha value is -1.98. The van der Waals surface area contributed by atoms with Crippen LogP contribution in [0.25, 0.3) is 0 Å². The molecule has 0 saturated heterocycles. The van der Waals surface area contributed by atoms with Gasteiger partial charge in [0.2, 0.25) is 0 Å². The van der Waals surface area contributed by atoms with Crippen LogP contribution in [0.4, 0.5) is 0 Å². The molecule has 0 amide bonds. The third-order valence-electron chi connectivity index (χ3n) is 4.63. The Bertz CT molecular complexity index is 573. The molecule has 5 heteroatoms. The molecule has 0 aromatic rings. The normalized spacial score (nSPS) is 24.9. The molecule has 0 heterocycles. The second-order valence-electron chi connectivity index (χ2n) is 6.84. The molecule has 0 aliphatic heterocycles. The number of aliphatic carboxylic acids is 1. The number of Topliss-reactive ketones (excluding diaryl/α,β-unsaturated/α-hetero) is 1. The summed E-state index contributed by atoms with van der Waals surface area (Å²) >= 11 is 0. The Kier molecular flexibility index (Phi) is 11.3. The molecule has 0 aromatic heterocycles. The first-order valence-electron chi connectivity index (χ1n) is 9.69. The largest absolute Gasteiger partial charge is 0.481 e. The van der Waals surface area contributed by atoms with Crippen molar-refractivity contribution in [1.29, 1.82) is 0 Å². The van der Waals surface area contributed by atoms with Crippen LogP contribution in [0.1, 0.15) is 51.9 Å². The molecule has 27 heavy (non-hydrogen) atoms. The van der Waals surface area contributed by atoms with Gasteiger partial charge in [-0.05, 0) is 38.0 Å². The number of aliphatic hydroxyl groups excluding tert-OH is 2. The van der Waals surface area contributed by atoms with Gasteiger partial charge >= 0.3 is 5.97 Å². The van der Waals surface area contributed by atoms with E-state index in [-0.39, 0.29) is 31.0 Å². The molecule has 1 rings (SSSR count). The van der Waals surface area contributed by atoms with Gasteiger partial charge in [0, 0.05) is 18.8 Å². The zero-order chi connectivity index (χ0) is 20.1. The Morgan fingerprint density at radius 1 is 1.15 bits per heavy atom. The van der Waals surface area contributed by atoms with Crippen LogP contribution in [0.2, 0.25) is 0 Å². The number of carbonyl (C=O) groups is 2. The van der Waals surface area contributed by atoms with Crippen LogP contribution in [-0.2, 0) is 9.59 Å². The van der Waals surface area contributed by atoms with Gasteiger partial charge in [0.15, 0.2) is 0 Å². The van der Waals surface area contributed by atoms with Crippen LogP contribution in [0.3, 0.4) is 0 Å². The molecule has 0 unspecified atom stereocenters. The fourth-order valence-corrected chi connectivity index (χ4v) is 3.15. The topological polar surface area (TPSA) is 94.8 Å². The van der Waals surface area contributed by atoms with Crippen LogP contribution in [0, 0.1) is 11.8 Å². The van der Waals surface area contributed by atoms with E-state index in [2.05, 4.69) is 31.2 Å². The van der Waals surface area contributed by atoms with Gasteiger partial charge in [0.1, 0.15) is 5.78 Å². The minimum Gasteiger partial charge on any atom is -0.481 e. The molecule has 0 spiro atoms. The van der Waals surface area contributed by atoms with Gasteiger partial charge in [-0.1, -0.05) is 55.5 Å². The standard InChI is InChI=1S/C22H32O5/c1-2-3-4-5-6-7-8-9-10-11-17(23)12-13-18-19(14-15-22(26)27)21(25)16-20(18)24/h3-4,6-7,9-10,12-13,17-19,21,23,25H,2,5,8,11,14-16H2,1H3,(H,26,27)/b4-3-,7-6-,10-9-,13-12+/t17-,18+,19-,21-/m0/s1. The van der Waals surface area contributed by atoms with Gasteiger partial charge < -0.3 is 15.3 Å². The Balaban J connectivity index is 2.40. The molecule has 0 bridgehead atoms. The summed E-state index contributed by atoms with van der Waals surface area (Å²) in [5, 5.41) is 28.8. The minimum absolute atomic E-state index is 0.0507. The molecule has 1 aliphatic carbocycles. The Morgan fingerprint density at radius 3 is 2.41 bits per heavy atom. The molecule has 0 radical (unpaired) electrons. The van der Waals surface area contributed by atoms with Crippen molar-refractivity contribution >= 4 is 11.8 Å². The highest BCUT2D eigenvalue weighted by atomic mass is 16.4. The van der Waals surface area contributed by atoms with Crippen molar-refractivity contribution in [1.82, 2.24) is 0 Å². The maximum absolute atomic E-state index is 12.0. The maximum atomic E-state index is 12.0. The smallest absolute Gasteiger partial charge is 0.303 e. The lowest BCUT2D eigenvalue weighted by atomic mass is 9.89. The molecule has 150 valence electrons. The number of hydrogen-bond donors (Lipinski definition) is 3. The van der Waals surface area contributed by atoms with Crippen LogP contribution < -0.4 is 0 Å². The third-order valence-corrected chi connectivity index (χ3v) is 4.63.